The predicted molar refractivity (Wildman–Crippen MR) is 55.2 cm³/mol. The van der Waals surface area contributed by atoms with Crippen molar-refractivity contribution in [1.29, 1.82) is 5.26 Å². The number of hydrogen-bond acceptors (Lipinski definition) is 2. The van der Waals surface area contributed by atoms with Crippen LogP contribution >= 0.6 is 11.6 Å². The highest BCUT2D eigenvalue weighted by atomic mass is 35.5. The molecule has 1 atom stereocenters. The van der Waals surface area contributed by atoms with E-state index in [4.69, 9.17) is 16.9 Å². The molecule has 0 bridgehead atoms. The van der Waals surface area contributed by atoms with E-state index in [2.05, 4.69) is 6.07 Å². The second kappa shape index (κ2) is 4.26. The van der Waals surface area contributed by atoms with Gasteiger partial charge in [-0.1, -0.05) is 12.1 Å². The molecule has 1 aromatic carbocycles. The molecule has 0 aliphatic rings. The fourth-order valence-electron chi connectivity index (χ4n) is 1.27. The van der Waals surface area contributed by atoms with Gasteiger partial charge in [0.25, 0.3) is 0 Å². The van der Waals surface area contributed by atoms with Gasteiger partial charge in [0.15, 0.2) is 5.78 Å². The van der Waals surface area contributed by atoms with Crippen molar-refractivity contribution in [2.75, 3.05) is 0 Å². The summed E-state index contributed by atoms with van der Waals surface area (Å²) in [5.74, 6) is -0.107. The average Bonchev–Trinajstić information content (AvgIpc) is 2.17. The molecule has 0 spiro atoms. The summed E-state index contributed by atoms with van der Waals surface area (Å²) in [6, 6.07) is 7.28. The van der Waals surface area contributed by atoms with E-state index in [1.165, 1.54) is 6.92 Å². The maximum absolute atomic E-state index is 11.1. The molecule has 0 saturated carbocycles. The first kappa shape index (κ1) is 10.7. The minimum Gasteiger partial charge on any atom is -0.298 e. The Hall–Kier alpha value is -1.33. The third-order valence-corrected chi connectivity index (χ3v) is 2.67. The van der Waals surface area contributed by atoms with Gasteiger partial charge in [-0.05, 0) is 31.0 Å². The number of carbonyl (C=O) groups excluding carboxylic acids is 1. The molecule has 0 aliphatic heterocycles. The van der Waals surface area contributed by atoms with Gasteiger partial charge in [-0.15, -0.1) is 11.6 Å². The van der Waals surface area contributed by atoms with Gasteiger partial charge in [0, 0.05) is 0 Å². The Bertz CT molecular complexity index is 406. The summed E-state index contributed by atoms with van der Waals surface area (Å²) in [6.45, 7) is 3.24. The van der Waals surface area contributed by atoms with Gasteiger partial charge in [0.1, 0.15) is 5.38 Å². The van der Waals surface area contributed by atoms with Crippen LogP contribution in [0.1, 0.15) is 29.0 Å². The molecule has 0 heterocycles. The molecule has 0 amide bonds. The van der Waals surface area contributed by atoms with E-state index in [1.807, 2.05) is 0 Å². The molecule has 2 nitrogen and oxygen atoms in total. The summed E-state index contributed by atoms with van der Waals surface area (Å²) in [5, 5.41) is 8.14. The number of rotatable bonds is 2. The van der Waals surface area contributed by atoms with Crippen LogP contribution in [0, 0.1) is 18.3 Å². The zero-order valence-electron chi connectivity index (χ0n) is 8.04. The van der Waals surface area contributed by atoms with Crippen molar-refractivity contribution in [2.24, 2.45) is 0 Å². The molecule has 0 aliphatic carbocycles. The number of nitrogens with zero attached hydrogens (tertiary/aromatic N) is 1. The average molecular weight is 208 g/mol. The Morgan fingerprint density at radius 3 is 2.71 bits per heavy atom. The van der Waals surface area contributed by atoms with Crippen molar-refractivity contribution in [1.82, 2.24) is 0 Å². The van der Waals surface area contributed by atoms with Crippen LogP contribution in [0.25, 0.3) is 0 Å². The third-order valence-electron chi connectivity index (χ3n) is 2.13. The van der Waals surface area contributed by atoms with Crippen molar-refractivity contribution in [3.63, 3.8) is 0 Å². The molecule has 0 N–H and O–H groups in total. The minimum atomic E-state index is -0.650. The highest BCUT2D eigenvalue weighted by Crippen LogP contribution is 2.26. The Morgan fingerprint density at radius 2 is 2.21 bits per heavy atom. The summed E-state index contributed by atoms with van der Waals surface area (Å²) in [4.78, 5) is 11.1. The molecular weight excluding hydrogens is 198 g/mol. The first-order valence-corrected chi connectivity index (χ1v) is 4.65. The number of halogens is 1. The summed E-state index contributed by atoms with van der Waals surface area (Å²) >= 11 is 5.92. The number of ketones is 1. The smallest absolute Gasteiger partial charge is 0.152 e. The lowest BCUT2D eigenvalue weighted by Gasteiger charge is -2.10. The van der Waals surface area contributed by atoms with Gasteiger partial charge in [0.2, 0.25) is 0 Å². The summed E-state index contributed by atoms with van der Waals surface area (Å²) in [5.41, 5.74) is 2.07. The molecule has 0 radical (unpaired) electrons. The van der Waals surface area contributed by atoms with E-state index in [-0.39, 0.29) is 5.78 Å². The first-order chi connectivity index (χ1) is 6.57. The minimum absolute atomic E-state index is 0.107. The zero-order valence-corrected chi connectivity index (χ0v) is 8.80. The fourth-order valence-corrected chi connectivity index (χ4v) is 1.50. The van der Waals surface area contributed by atoms with Gasteiger partial charge in [-0.25, -0.2) is 0 Å². The normalized spacial score (nSPS) is 11.9. The van der Waals surface area contributed by atoms with Crippen molar-refractivity contribution >= 4 is 17.4 Å². The van der Waals surface area contributed by atoms with Crippen LogP contribution in [0.4, 0.5) is 0 Å². The van der Waals surface area contributed by atoms with E-state index >= 15 is 0 Å². The monoisotopic (exact) mass is 207 g/mol. The highest BCUT2D eigenvalue weighted by molar-refractivity contribution is 6.30. The van der Waals surface area contributed by atoms with E-state index < -0.39 is 5.38 Å². The number of benzene rings is 1. The van der Waals surface area contributed by atoms with Gasteiger partial charge < -0.3 is 0 Å². The Morgan fingerprint density at radius 1 is 1.57 bits per heavy atom. The molecule has 1 unspecified atom stereocenters. The number of nitriles is 1. The molecule has 1 aromatic rings. The number of Topliss-reactive ketones (excluding diaryl/α,β-unsaturated/α-hetero) is 1. The Kier molecular flexibility index (Phi) is 3.27. The third kappa shape index (κ3) is 1.94. The van der Waals surface area contributed by atoms with Crippen molar-refractivity contribution in [3.05, 3.63) is 34.9 Å². The second-order valence-electron chi connectivity index (χ2n) is 3.10. The van der Waals surface area contributed by atoms with E-state index in [1.54, 1.807) is 25.1 Å². The quantitative estimate of drug-likeness (QED) is 0.700. The molecule has 0 aromatic heterocycles. The number of carbonyl (C=O) groups is 1. The largest absolute Gasteiger partial charge is 0.298 e. The summed E-state index contributed by atoms with van der Waals surface area (Å²) in [7, 11) is 0. The highest BCUT2D eigenvalue weighted by Gasteiger charge is 2.16. The lowest BCUT2D eigenvalue weighted by Crippen LogP contribution is -2.04. The molecule has 1 rings (SSSR count). The molecule has 14 heavy (non-hydrogen) atoms. The Balaban J connectivity index is 3.24. The van der Waals surface area contributed by atoms with Crippen molar-refractivity contribution in [3.8, 4) is 6.07 Å². The van der Waals surface area contributed by atoms with Gasteiger partial charge in [-0.2, -0.15) is 5.26 Å². The predicted octanol–water partition coefficient (Wildman–Crippen LogP) is 2.74. The van der Waals surface area contributed by atoms with E-state index in [0.29, 0.717) is 5.56 Å². The maximum atomic E-state index is 11.1. The van der Waals surface area contributed by atoms with Gasteiger partial charge >= 0.3 is 0 Å². The van der Waals surface area contributed by atoms with Crippen molar-refractivity contribution in [2.45, 2.75) is 19.2 Å². The van der Waals surface area contributed by atoms with E-state index in [0.717, 1.165) is 11.1 Å². The fraction of sp³-hybridized carbons (Fsp3) is 0.273. The first-order valence-electron chi connectivity index (χ1n) is 4.22. The molecule has 3 heteroatoms. The maximum Gasteiger partial charge on any atom is 0.152 e. The Labute approximate surface area is 88.1 Å². The number of alkyl halides is 1. The molecular formula is C11H10ClNO. The van der Waals surface area contributed by atoms with Crippen LogP contribution in [-0.4, -0.2) is 5.78 Å². The van der Waals surface area contributed by atoms with E-state index in [9.17, 15) is 4.79 Å². The van der Waals surface area contributed by atoms with Gasteiger partial charge in [-0.3, -0.25) is 4.79 Å². The standard InChI is InChI=1S/C11H10ClNO/c1-7-9(6-13)4-3-5-10(7)11(12)8(2)14/h3-5,11H,1-2H3. The molecule has 0 fully saturated rings. The van der Waals surface area contributed by atoms with Crippen molar-refractivity contribution < 1.29 is 4.79 Å². The zero-order chi connectivity index (χ0) is 10.7. The lowest BCUT2D eigenvalue weighted by atomic mass is 9.99. The van der Waals surface area contributed by atoms with Crippen LogP contribution < -0.4 is 0 Å². The van der Waals surface area contributed by atoms with Crippen LogP contribution in [0.15, 0.2) is 18.2 Å². The lowest BCUT2D eigenvalue weighted by molar-refractivity contribution is -0.116. The summed E-state index contributed by atoms with van der Waals surface area (Å²) in [6.07, 6.45) is 0. The van der Waals surface area contributed by atoms with Crippen LogP contribution in [0.3, 0.4) is 0 Å². The van der Waals surface area contributed by atoms with Crippen LogP contribution in [0.5, 0.6) is 0 Å². The SMILES string of the molecule is CC(=O)C(Cl)c1cccc(C#N)c1C. The van der Waals surface area contributed by atoms with Crippen LogP contribution in [-0.2, 0) is 4.79 Å². The topological polar surface area (TPSA) is 40.9 Å². The summed E-state index contributed by atoms with van der Waals surface area (Å²) < 4.78 is 0. The number of hydrogen-bond donors (Lipinski definition) is 0. The molecule has 0 saturated heterocycles. The second-order valence-corrected chi connectivity index (χ2v) is 3.54. The van der Waals surface area contributed by atoms with Gasteiger partial charge in [0.05, 0.1) is 11.6 Å². The van der Waals surface area contributed by atoms with Crippen LogP contribution in [0.2, 0.25) is 0 Å². The molecule has 72 valence electrons.